The highest BCUT2D eigenvalue weighted by Gasteiger charge is 2.08. The Morgan fingerprint density at radius 3 is 2.29 bits per heavy atom. The standard InChI is InChI=1S/C19H16N4O/c20-10-17-11-22-19(13-21-17)23-12-18(24)16-8-6-15(7-9-16)14-4-2-1-3-5-14/h1-9,11,13,18,24H,12H2,(H,22,23). The largest absolute Gasteiger partial charge is 0.387 e. The first-order chi connectivity index (χ1) is 11.8. The Hall–Kier alpha value is -3.23. The molecule has 0 aliphatic rings. The van der Waals surface area contributed by atoms with E-state index in [-0.39, 0.29) is 5.69 Å². The number of nitrogens with zero attached hydrogens (tertiary/aromatic N) is 3. The third kappa shape index (κ3) is 3.75. The van der Waals surface area contributed by atoms with Crippen LogP contribution in [-0.4, -0.2) is 21.6 Å². The van der Waals surface area contributed by atoms with Crippen molar-refractivity contribution in [2.75, 3.05) is 11.9 Å². The molecule has 0 saturated carbocycles. The zero-order valence-corrected chi connectivity index (χ0v) is 12.9. The van der Waals surface area contributed by atoms with Gasteiger partial charge < -0.3 is 10.4 Å². The van der Waals surface area contributed by atoms with Gasteiger partial charge in [0.25, 0.3) is 0 Å². The molecule has 1 atom stereocenters. The van der Waals surface area contributed by atoms with E-state index >= 15 is 0 Å². The van der Waals surface area contributed by atoms with Crippen molar-refractivity contribution in [1.29, 1.82) is 5.26 Å². The van der Waals surface area contributed by atoms with E-state index in [9.17, 15) is 5.11 Å². The van der Waals surface area contributed by atoms with Crippen molar-refractivity contribution >= 4 is 5.82 Å². The maximum absolute atomic E-state index is 10.3. The van der Waals surface area contributed by atoms with E-state index in [0.29, 0.717) is 12.4 Å². The molecule has 0 amide bonds. The number of hydrogen-bond acceptors (Lipinski definition) is 5. The summed E-state index contributed by atoms with van der Waals surface area (Å²) in [5.74, 6) is 0.522. The molecule has 3 rings (SSSR count). The summed E-state index contributed by atoms with van der Waals surface area (Å²) in [4.78, 5) is 7.99. The van der Waals surface area contributed by atoms with Gasteiger partial charge in [-0.15, -0.1) is 0 Å². The Morgan fingerprint density at radius 2 is 1.67 bits per heavy atom. The predicted molar refractivity (Wildman–Crippen MR) is 92.1 cm³/mol. The molecule has 0 bridgehead atoms. The number of rotatable bonds is 5. The summed E-state index contributed by atoms with van der Waals surface area (Å²) in [6.45, 7) is 0.311. The topological polar surface area (TPSA) is 81.8 Å². The van der Waals surface area contributed by atoms with E-state index in [1.165, 1.54) is 12.4 Å². The van der Waals surface area contributed by atoms with Gasteiger partial charge in [-0.25, -0.2) is 9.97 Å². The first-order valence-electron chi connectivity index (χ1n) is 7.56. The molecule has 2 aromatic carbocycles. The number of aliphatic hydroxyl groups is 1. The molecule has 0 fully saturated rings. The summed E-state index contributed by atoms with van der Waals surface area (Å²) >= 11 is 0. The molecule has 0 aliphatic heterocycles. The van der Waals surface area contributed by atoms with Gasteiger partial charge in [0.1, 0.15) is 11.9 Å². The molecule has 0 aliphatic carbocycles. The van der Waals surface area contributed by atoms with Gasteiger partial charge in [0, 0.05) is 6.54 Å². The Labute approximate surface area is 140 Å². The van der Waals surface area contributed by atoms with Crippen LogP contribution in [0.25, 0.3) is 11.1 Å². The van der Waals surface area contributed by atoms with Crippen LogP contribution in [0.2, 0.25) is 0 Å². The number of nitriles is 1. The lowest BCUT2D eigenvalue weighted by Crippen LogP contribution is -2.13. The number of aliphatic hydroxyl groups excluding tert-OH is 1. The van der Waals surface area contributed by atoms with Gasteiger partial charge >= 0.3 is 0 Å². The average Bonchev–Trinajstić information content (AvgIpc) is 2.67. The molecule has 5 nitrogen and oxygen atoms in total. The molecule has 0 spiro atoms. The van der Waals surface area contributed by atoms with Gasteiger partial charge in [-0.2, -0.15) is 5.26 Å². The van der Waals surface area contributed by atoms with Crippen LogP contribution < -0.4 is 5.32 Å². The Kier molecular flexibility index (Phi) is 4.80. The second-order valence-electron chi connectivity index (χ2n) is 5.28. The summed E-state index contributed by atoms with van der Waals surface area (Å²) in [5, 5.41) is 22.0. The van der Waals surface area contributed by atoms with E-state index in [0.717, 1.165) is 16.7 Å². The van der Waals surface area contributed by atoms with E-state index in [1.807, 2.05) is 48.5 Å². The van der Waals surface area contributed by atoms with Gasteiger partial charge in [-0.05, 0) is 16.7 Å². The number of anilines is 1. The molecule has 5 heteroatoms. The van der Waals surface area contributed by atoms with Crippen LogP contribution in [0.4, 0.5) is 5.82 Å². The molecular formula is C19H16N4O. The zero-order chi connectivity index (χ0) is 16.8. The smallest absolute Gasteiger partial charge is 0.158 e. The molecule has 24 heavy (non-hydrogen) atoms. The fourth-order valence-corrected chi connectivity index (χ4v) is 2.32. The summed E-state index contributed by atoms with van der Waals surface area (Å²) in [5.41, 5.74) is 3.34. The summed E-state index contributed by atoms with van der Waals surface area (Å²) in [6, 6.07) is 19.8. The molecule has 3 aromatic rings. The number of benzene rings is 2. The lowest BCUT2D eigenvalue weighted by molar-refractivity contribution is 0.191. The third-order valence-electron chi connectivity index (χ3n) is 3.65. The third-order valence-corrected chi connectivity index (χ3v) is 3.65. The molecule has 1 heterocycles. The minimum atomic E-state index is -0.660. The maximum atomic E-state index is 10.3. The van der Waals surface area contributed by atoms with Crippen LogP contribution in [-0.2, 0) is 0 Å². The highest BCUT2D eigenvalue weighted by atomic mass is 16.3. The molecular weight excluding hydrogens is 300 g/mol. The van der Waals surface area contributed by atoms with Gasteiger partial charge in [0.05, 0.1) is 18.5 Å². The second-order valence-corrected chi connectivity index (χ2v) is 5.28. The molecule has 1 aromatic heterocycles. The van der Waals surface area contributed by atoms with Gasteiger partial charge in [-0.1, -0.05) is 54.6 Å². The van der Waals surface area contributed by atoms with E-state index < -0.39 is 6.10 Å². The SMILES string of the molecule is N#Cc1cnc(NCC(O)c2ccc(-c3ccccc3)cc2)cn1. The fraction of sp³-hybridized carbons (Fsp3) is 0.105. The monoisotopic (exact) mass is 316 g/mol. The van der Waals surface area contributed by atoms with Gasteiger partial charge in [0.2, 0.25) is 0 Å². The predicted octanol–water partition coefficient (Wildman–Crippen LogP) is 3.16. The van der Waals surface area contributed by atoms with Crippen molar-refractivity contribution in [3.63, 3.8) is 0 Å². The summed E-state index contributed by atoms with van der Waals surface area (Å²) in [6.07, 6.45) is 2.21. The number of aromatic nitrogens is 2. The highest BCUT2D eigenvalue weighted by Crippen LogP contribution is 2.22. The number of hydrogen-bond donors (Lipinski definition) is 2. The normalized spacial score (nSPS) is 11.5. The summed E-state index contributed by atoms with van der Waals surface area (Å²) < 4.78 is 0. The van der Waals surface area contributed by atoms with Crippen LogP contribution in [0, 0.1) is 11.3 Å². The quantitative estimate of drug-likeness (QED) is 0.755. The van der Waals surface area contributed by atoms with Crippen molar-refractivity contribution < 1.29 is 5.11 Å². The minimum absolute atomic E-state index is 0.262. The van der Waals surface area contributed by atoms with Crippen molar-refractivity contribution in [3.8, 4) is 17.2 Å². The first kappa shape index (κ1) is 15.7. The average molecular weight is 316 g/mol. The Morgan fingerprint density at radius 1 is 0.958 bits per heavy atom. The Balaban J connectivity index is 1.62. The summed E-state index contributed by atoms with van der Waals surface area (Å²) in [7, 11) is 0. The zero-order valence-electron chi connectivity index (χ0n) is 12.9. The van der Waals surface area contributed by atoms with Crippen molar-refractivity contribution in [1.82, 2.24) is 9.97 Å². The van der Waals surface area contributed by atoms with Crippen molar-refractivity contribution in [2.24, 2.45) is 0 Å². The van der Waals surface area contributed by atoms with Crippen molar-refractivity contribution in [3.05, 3.63) is 78.2 Å². The van der Waals surface area contributed by atoms with Crippen LogP contribution in [0.15, 0.2) is 67.0 Å². The molecule has 0 radical (unpaired) electrons. The Bertz CT molecular complexity index is 824. The maximum Gasteiger partial charge on any atom is 0.158 e. The minimum Gasteiger partial charge on any atom is -0.387 e. The second kappa shape index (κ2) is 7.36. The highest BCUT2D eigenvalue weighted by molar-refractivity contribution is 5.63. The lowest BCUT2D eigenvalue weighted by atomic mass is 10.0. The fourth-order valence-electron chi connectivity index (χ4n) is 2.32. The van der Waals surface area contributed by atoms with Gasteiger partial charge in [0.15, 0.2) is 5.69 Å². The molecule has 1 unspecified atom stereocenters. The van der Waals surface area contributed by atoms with Crippen LogP contribution >= 0.6 is 0 Å². The van der Waals surface area contributed by atoms with Gasteiger partial charge in [-0.3, -0.25) is 0 Å². The first-order valence-corrected chi connectivity index (χ1v) is 7.56. The van der Waals surface area contributed by atoms with Crippen LogP contribution in [0.5, 0.6) is 0 Å². The molecule has 2 N–H and O–H groups in total. The number of nitrogens with one attached hydrogen (secondary N) is 1. The van der Waals surface area contributed by atoms with Crippen LogP contribution in [0.3, 0.4) is 0 Å². The molecule has 0 saturated heterocycles. The molecule has 118 valence electrons. The van der Waals surface area contributed by atoms with E-state index in [1.54, 1.807) is 0 Å². The van der Waals surface area contributed by atoms with E-state index in [2.05, 4.69) is 27.4 Å². The lowest BCUT2D eigenvalue weighted by Gasteiger charge is -2.13. The van der Waals surface area contributed by atoms with Crippen molar-refractivity contribution in [2.45, 2.75) is 6.10 Å². The van der Waals surface area contributed by atoms with Crippen LogP contribution in [0.1, 0.15) is 17.4 Å². The van der Waals surface area contributed by atoms with E-state index in [4.69, 9.17) is 5.26 Å².